The molecule has 0 aromatic heterocycles. The second-order valence-corrected chi connectivity index (χ2v) is 2.90. The minimum atomic E-state index is -0.157. The molecule has 2 atom stereocenters. The SMILES string of the molecule is CCC1C(F)=CC=CC1Cl. The van der Waals surface area contributed by atoms with Gasteiger partial charge in [-0.25, -0.2) is 4.39 Å². The lowest BCUT2D eigenvalue weighted by Gasteiger charge is -2.18. The van der Waals surface area contributed by atoms with E-state index in [2.05, 4.69) is 0 Å². The highest BCUT2D eigenvalue weighted by molar-refractivity contribution is 6.22. The highest BCUT2D eigenvalue weighted by Gasteiger charge is 2.21. The predicted octanol–water partition coefficient (Wildman–Crippen LogP) is 3.04. The highest BCUT2D eigenvalue weighted by atomic mass is 35.5. The molecule has 0 saturated heterocycles. The molecule has 0 radical (unpaired) electrons. The lowest BCUT2D eigenvalue weighted by Crippen LogP contribution is -2.14. The van der Waals surface area contributed by atoms with Gasteiger partial charge in [0.2, 0.25) is 0 Å². The van der Waals surface area contributed by atoms with Gasteiger partial charge in [0.05, 0.1) is 5.38 Å². The molecule has 1 rings (SSSR count). The summed E-state index contributed by atoms with van der Waals surface area (Å²) in [6, 6.07) is 0. The molecule has 0 bridgehead atoms. The van der Waals surface area contributed by atoms with E-state index in [-0.39, 0.29) is 17.1 Å². The van der Waals surface area contributed by atoms with Crippen LogP contribution in [0.1, 0.15) is 13.3 Å². The zero-order chi connectivity index (χ0) is 7.56. The normalized spacial score (nSPS) is 32.1. The van der Waals surface area contributed by atoms with Crippen molar-refractivity contribution in [3.63, 3.8) is 0 Å². The summed E-state index contributed by atoms with van der Waals surface area (Å²) in [5.41, 5.74) is 0. The maximum Gasteiger partial charge on any atom is 0.105 e. The van der Waals surface area contributed by atoms with Crippen LogP contribution in [0.4, 0.5) is 4.39 Å². The Morgan fingerprint density at radius 3 is 2.80 bits per heavy atom. The van der Waals surface area contributed by atoms with Crippen molar-refractivity contribution in [1.29, 1.82) is 0 Å². The number of hydrogen-bond donors (Lipinski definition) is 0. The first-order valence-electron chi connectivity index (χ1n) is 3.43. The van der Waals surface area contributed by atoms with Crippen LogP contribution in [0.25, 0.3) is 0 Å². The third kappa shape index (κ3) is 1.40. The van der Waals surface area contributed by atoms with Gasteiger partial charge in [-0.2, -0.15) is 0 Å². The average molecular weight is 161 g/mol. The topological polar surface area (TPSA) is 0 Å². The number of allylic oxidation sites excluding steroid dienone is 4. The monoisotopic (exact) mass is 160 g/mol. The smallest absolute Gasteiger partial charge is 0.105 e. The minimum Gasteiger partial charge on any atom is -0.211 e. The molecule has 0 fully saturated rings. The third-order valence-electron chi connectivity index (χ3n) is 1.73. The van der Waals surface area contributed by atoms with Crippen LogP contribution >= 0.6 is 11.6 Å². The number of halogens is 2. The Hall–Kier alpha value is -0.300. The predicted molar refractivity (Wildman–Crippen MR) is 41.8 cm³/mol. The van der Waals surface area contributed by atoms with Crippen LogP contribution in [0.2, 0.25) is 0 Å². The zero-order valence-corrected chi connectivity index (χ0v) is 6.61. The summed E-state index contributed by atoms with van der Waals surface area (Å²) in [7, 11) is 0. The fraction of sp³-hybridized carbons (Fsp3) is 0.500. The molecule has 1 aliphatic carbocycles. The van der Waals surface area contributed by atoms with Gasteiger partial charge in [0.25, 0.3) is 0 Å². The van der Waals surface area contributed by atoms with E-state index in [9.17, 15) is 4.39 Å². The van der Waals surface area contributed by atoms with Crippen molar-refractivity contribution in [2.45, 2.75) is 18.7 Å². The number of hydrogen-bond acceptors (Lipinski definition) is 0. The van der Waals surface area contributed by atoms with E-state index >= 15 is 0 Å². The minimum absolute atomic E-state index is 0.0926. The molecule has 0 amide bonds. The molecule has 0 spiro atoms. The largest absolute Gasteiger partial charge is 0.211 e. The van der Waals surface area contributed by atoms with Gasteiger partial charge < -0.3 is 0 Å². The summed E-state index contributed by atoms with van der Waals surface area (Å²) in [5, 5.41) is -0.157. The van der Waals surface area contributed by atoms with Gasteiger partial charge in [0.15, 0.2) is 0 Å². The van der Waals surface area contributed by atoms with E-state index in [1.165, 1.54) is 6.08 Å². The van der Waals surface area contributed by atoms with Crippen LogP contribution < -0.4 is 0 Å². The van der Waals surface area contributed by atoms with E-state index < -0.39 is 0 Å². The van der Waals surface area contributed by atoms with Gasteiger partial charge in [-0.15, -0.1) is 11.6 Å². The van der Waals surface area contributed by atoms with Crippen molar-refractivity contribution >= 4 is 11.6 Å². The molecule has 1 aliphatic rings. The fourth-order valence-corrected chi connectivity index (χ4v) is 1.47. The number of rotatable bonds is 1. The lowest BCUT2D eigenvalue weighted by molar-refractivity contribution is 0.456. The Kier molecular flexibility index (Phi) is 2.50. The molecule has 0 saturated carbocycles. The van der Waals surface area contributed by atoms with Crippen molar-refractivity contribution in [1.82, 2.24) is 0 Å². The summed E-state index contributed by atoms with van der Waals surface area (Å²) in [6.07, 6.45) is 5.73. The van der Waals surface area contributed by atoms with Gasteiger partial charge in [0, 0.05) is 5.92 Å². The fourth-order valence-electron chi connectivity index (χ4n) is 1.08. The Bertz CT molecular complexity index is 172. The Balaban J connectivity index is 2.71. The Morgan fingerprint density at radius 2 is 2.40 bits per heavy atom. The molecular formula is C8H10ClF. The maximum atomic E-state index is 12.8. The van der Waals surface area contributed by atoms with Crippen molar-refractivity contribution in [3.05, 3.63) is 24.1 Å². The van der Waals surface area contributed by atoms with E-state index in [1.807, 2.05) is 13.0 Å². The van der Waals surface area contributed by atoms with Crippen LogP contribution in [-0.4, -0.2) is 5.38 Å². The van der Waals surface area contributed by atoms with E-state index in [4.69, 9.17) is 11.6 Å². The summed E-state index contributed by atoms with van der Waals surface area (Å²) < 4.78 is 12.8. The Morgan fingerprint density at radius 1 is 1.70 bits per heavy atom. The standard InChI is InChI=1S/C8H10ClF/c1-2-6-7(9)4-3-5-8(6)10/h3-7H,2H2,1H3. The molecule has 0 aromatic rings. The van der Waals surface area contributed by atoms with Crippen LogP contribution in [0, 0.1) is 5.92 Å². The first kappa shape index (κ1) is 7.80. The lowest BCUT2D eigenvalue weighted by atomic mass is 9.96. The molecule has 0 N–H and O–H groups in total. The molecule has 0 aromatic carbocycles. The van der Waals surface area contributed by atoms with Crippen molar-refractivity contribution < 1.29 is 4.39 Å². The first-order chi connectivity index (χ1) is 4.75. The average Bonchev–Trinajstić information content (AvgIpc) is 1.88. The van der Waals surface area contributed by atoms with Gasteiger partial charge in [-0.05, 0) is 12.5 Å². The summed E-state index contributed by atoms with van der Waals surface area (Å²) in [5.74, 6) is -0.198. The molecular weight excluding hydrogens is 151 g/mol. The second kappa shape index (κ2) is 3.20. The third-order valence-corrected chi connectivity index (χ3v) is 2.18. The van der Waals surface area contributed by atoms with Gasteiger partial charge >= 0.3 is 0 Å². The van der Waals surface area contributed by atoms with E-state index in [0.29, 0.717) is 0 Å². The summed E-state index contributed by atoms with van der Waals surface area (Å²) in [6.45, 7) is 1.94. The molecule has 0 nitrogen and oxygen atoms in total. The maximum absolute atomic E-state index is 12.8. The van der Waals surface area contributed by atoms with Crippen molar-refractivity contribution in [2.75, 3.05) is 0 Å². The Labute approximate surface area is 65.4 Å². The molecule has 10 heavy (non-hydrogen) atoms. The van der Waals surface area contributed by atoms with Crippen molar-refractivity contribution in [3.8, 4) is 0 Å². The zero-order valence-electron chi connectivity index (χ0n) is 5.85. The molecule has 2 heteroatoms. The quantitative estimate of drug-likeness (QED) is 0.518. The van der Waals surface area contributed by atoms with Gasteiger partial charge in [0.1, 0.15) is 5.83 Å². The summed E-state index contributed by atoms with van der Waals surface area (Å²) in [4.78, 5) is 0. The van der Waals surface area contributed by atoms with Gasteiger partial charge in [-0.1, -0.05) is 19.1 Å². The van der Waals surface area contributed by atoms with Crippen molar-refractivity contribution in [2.24, 2.45) is 5.92 Å². The van der Waals surface area contributed by atoms with Crippen LogP contribution in [0.5, 0.6) is 0 Å². The molecule has 0 aliphatic heterocycles. The first-order valence-corrected chi connectivity index (χ1v) is 3.87. The summed E-state index contributed by atoms with van der Waals surface area (Å²) >= 11 is 5.81. The van der Waals surface area contributed by atoms with Gasteiger partial charge in [-0.3, -0.25) is 0 Å². The second-order valence-electron chi connectivity index (χ2n) is 2.40. The molecule has 56 valence electrons. The molecule has 2 unspecified atom stereocenters. The van der Waals surface area contributed by atoms with Crippen LogP contribution in [0.3, 0.4) is 0 Å². The highest BCUT2D eigenvalue weighted by Crippen LogP contribution is 2.28. The van der Waals surface area contributed by atoms with Crippen LogP contribution in [0.15, 0.2) is 24.1 Å². The van der Waals surface area contributed by atoms with E-state index in [0.717, 1.165) is 6.42 Å². The number of alkyl halides is 1. The molecule has 0 heterocycles. The van der Waals surface area contributed by atoms with E-state index in [1.54, 1.807) is 6.08 Å². The van der Waals surface area contributed by atoms with Crippen LogP contribution in [-0.2, 0) is 0 Å².